The van der Waals surface area contributed by atoms with Gasteiger partial charge < -0.3 is 43.8 Å². The maximum absolute atomic E-state index is 14.6. The van der Waals surface area contributed by atoms with Crippen molar-refractivity contribution in [2.45, 2.75) is 31.0 Å². The molecular formula is C24H27ClF2N4O7. The molecule has 206 valence electrons. The number of aliphatic hydroxyl groups excluding tert-OH is 1. The van der Waals surface area contributed by atoms with E-state index in [-0.39, 0.29) is 66.8 Å². The number of ether oxygens (including phenoxy) is 6. The number of H-pyrrole nitrogens is 1. The molecule has 2 fully saturated rings. The number of nitrogens with one attached hydrogen (secondary N) is 2. The van der Waals surface area contributed by atoms with Gasteiger partial charge in [0.25, 0.3) is 6.01 Å². The molecule has 0 aliphatic carbocycles. The molecule has 0 unspecified atom stereocenters. The first kappa shape index (κ1) is 26.8. The Morgan fingerprint density at radius 1 is 1.08 bits per heavy atom. The first-order chi connectivity index (χ1) is 18.4. The highest BCUT2D eigenvalue weighted by atomic mass is 35.5. The number of benzene rings is 1. The standard InChI is InChI=1S/C24H27ClF2N4O7/c1-33-2-3-34-4-5-35-12-6-15(26)13(16(27)7-12)9-28-22-14(25)8-17-23(30-22)31-24(29-17)38-19-11-37-20-18(32)10-36-21(19)20/h6-8,18-21,32H,2-5,9-11H2,1H3,(H2,28,29,30,31)/t18-,19-,20-,21-/m1/s1. The highest BCUT2D eigenvalue weighted by molar-refractivity contribution is 6.33. The van der Waals surface area contributed by atoms with Crippen LogP contribution in [0.2, 0.25) is 5.02 Å². The third-order valence-electron chi connectivity index (χ3n) is 6.13. The van der Waals surface area contributed by atoms with Crippen molar-refractivity contribution in [3.8, 4) is 11.8 Å². The summed E-state index contributed by atoms with van der Waals surface area (Å²) in [5, 5.41) is 13.0. The van der Waals surface area contributed by atoms with Gasteiger partial charge in [-0.15, -0.1) is 0 Å². The molecule has 14 heteroatoms. The zero-order valence-electron chi connectivity index (χ0n) is 20.4. The zero-order valence-corrected chi connectivity index (χ0v) is 21.2. The van der Waals surface area contributed by atoms with Gasteiger partial charge in [0, 0.05) is 31.4 Å². The lowest BCUT2D eigenvalue weighted by Gasteiger charge is -2.15. The maximum Gasteiger partial charge on any atom is 0.296 e. The van der Waals surface area contributed by atoms with Gasteiger partial charge in [-0.3, -0.25) is 0 Å². The minimum Gasteiger partial charge on any atom is -0.491 e. The molecule has 5 rings (SSSR count). The summed E-state index contributed by atoms with van der Waals surface area (Å²) >= 11 is 6.34. The molecule has 0 spiro atoms. The number of aliphatic hydroxyl groups is 1. The van der Waals surface area contributed by atoms with Crippen molar-refractivity contribution < 1.29 is 42.3 Å². The molecule has 11 nitrogen and oxygen atoms in total. The van der Waals surface area contributed by atoms with E-state index in [1.807, 2.05) is 0 Å². The molecule has 2 saturated heterocycles. The lowest BCUT2D eigenvalue weighted by Crippen LogP contribution is -2.34. The molecule has 4 heterocycles. The molecule has 0 saturated carbocycles. The number of rotatable bonds is 12. The summed E-state index contributed by atoms with van der Waals surface area (Å²) in [6.07, 6.45) is -1.98. The van der Waals surface area contributed by atoms with Gasteiger partial charge in [0.15, 0.2) is 11.8 Å². The quantitative estimate of drug-likeness (QED) is 0.286. The van der Waals surface area contributed by atoms with Crippen LogP contribution in [0.1, 0.15) is 5.56 Å². The van der Waals surface area contributed by atoms with Crippen molar-refractivity contribution in [2.24, 2.45) is 0 Å². The van der Waals surface area contributed by atoms with Crippen LogP contribution < -0.4 is 14.8 Å². The number of pyridine rings is 1. The van der Waals surface area contributed by atoms with Crippen LogP contribution in [0.5, 0.6) is 11.8 Å². The second-order valence-corrected chi connectivity index (χ2v) is 9.13. The average molecular weight is 557 g/mol. The second-order valence-electron chi connectivity index (χ2n) is 8.72. The molecule has 2 aliphatic rings. The molecular weight excluding hydrogens is 530 g/mol. The zero-order chi connectivity index (χ0) is 26.6. The number of nitrogens with zero attached hydrogens (tertiary/aromatic N) is 2. The Morgan fingerprint density at radius 2 is 1.84 bits per heavy atom. The lowest BCUT2D eigenvalue weighted by atomic mass is 10.1. The smallest absolute Gasteiger partial charge is 0.296 e. The Kier molecular flexibility index (Phi) is 8.41. The van der Waals surface area contributed by atoms with Crippen molar-refractivity contribution in [3.05, 3.63) is 40.4 Å². The summed E-state index contributed by atoms with van der Waals surface area (Å²) < 4.78 is 61.7. The largest absolute Gasteiger partial charge is 0.491 e. The lowest BCUT2D eigenvalue weighted by molar-refractivity contribution is 0.00706. The number of aromatic nitrogens is 3. The number of methoxy groups -OCH3 is 1. The van der Waals surface area contributed by atoms with Crippen LogP contribution in [-0.4, -0.2) is 91.2 Å². The van der Waals surface area contributed by atoms with E-state index in [4.69, 9.17) is 40.0 Å². The Balaban J connectivity index is 1.20. The summed E-state index contributed by atoms with van der Waals surface area (Å²) in [5.41, 5.74) is 0.586. The fraction of sp³-hybridized carbons (Fsp3) is 0.500. The number of aromatic amines is 1. The van der Waals surface area contributed by atoms with Crippen LogP contribution in [0.4, 0.5) is 14.6 Å². The van der Waals surface area contributed by atoms with Crippen LogP contribution in [0.25, 0.3) is 11.2 Å². The minimum atomic E-state index is -0.781. The van der Waals surface area contributed by atoms with E-state index in [0.717, 1.165) is 12.1 Å². The first-order valence-electron chi connectivity index (χ1n) is 12.0. The van der Waals surface area contributed by atoms with Gasteiger partial charge in [0.05, 0.1) is 43.6 Å². The Bertz CT molecular complexity index is 1240. The summed E-state index contributed by atoms with van der Waals surface area (Å²) in [5.74, 6) is -1.32. The molecule has 2 aliphatic heterocycles. The van der Waals surface area contributed by atoms with Gasteiger partial charge in [0.2, 0.25) is 0 Å². The van der Waals surface area contributed by atoms with E-state index in [2.05, 4.69) is 20.3 Å². The number of fused-ring (bicyclic) bond motifs is 2. The van der Waals surface area contributed by atoms with E-state index in [9.17, 15) is 13.9 Å². The van der Waals surface area contributed by atoms with Crippen molar-refractivity contribution in [3.63, 3.8) is 0 Å². The van der Waals surface area contributed by atoms with Gasteiger partial charge in [-0.05, 0) is 6.07 Å². The SMILES string of the molecule is COCCOCCOc1cc(F)c(CNc2nc3nc(O[C@@H]4CO[C@H]5[C@@H]4OC[C@H]5O)[nH]c3cc2Cl)c(F)c1. The van der Waals surface area contributed by atoms with Crippen molar-refractivity contribution in [1.82, 2.24) is 15.0 Å². The van der Waals surface area contributed by atoms with E-state index < -0.39 is 36.1 Å². The van der Waals surface area contributed by atoms with Gasteiger partial charge in [-0.2, -0.15) is 4.98 Å². The van der Waals surface area contributed by atoms with Crippen LogP contribution in [0, 0.1) is 11.6 Å². The minimum absolute atomic E-state index is 0.0530. The number of halogens is 3. The van der Waals surface area contributed by atoms with Crippen LogP contribution >= 0.6 is 11.6 Å². The van der Waals surface area contributed by atoms with E-state index in [0.29, 0.717) is 18.7 Å². The van der Waals surface area contributed by atoms with Gasteiger partial charge in [-0.1, -0.05) is 11.6 Å². The summed E-state index contributed by atoms with van der Waals surface area (Å²) in [6.45, 7) is 1.46. The highest BCUT2D eigenvalue weighted by Crippen LogP contribution is 2.31. The normalized spacial score (nSPS) is 22.7. The average Bonchev–Trinajstić information content (AvgIpc) is 3.57. The second kappa shape index (κ2) is 11.9. The Hall–Kier alpha value is -2.81. The maximum atomic E-state index is 14.6. The van der Waals surface area contributed by atoms with Gasteiger partial charge >= 0.3 is 0 Å². The van der Waals surface area contributed by atoms with Gasteiger partial charge in [-0.25, -0.2) is 13.8 Å². The molecule has 0 radical (unpaired) electrons. The highest BCUT2D eigenvalue weighted by Gasteiger charge is 2.48. The van der Waals surface area contributed by atoms with Crippen LogP contribution in [-0.2, 0) is 25.5 Å². The van der Waals surface area contributed by atoms with E-state index >= 15 is 0 Å². The predicted molar refractivity (Wildman–Crippen MR) is 131 cm³/mol. The topological polar surface area (TPSA) is 129 Å². The summed E-state index contributed by atoms with van der Waals surface area (Å²) in [4.78, 5) is 11.7. The number of anilines is 1. The third-order valence-corrected chi connectivity index (χ3v) is 6.41. The monoisotopic (exact) mass is 556 g/mol. The van der Waals surface area contributed by atoms with Crippen LogP contribution in [0.15, 0.2) is 18.2 Å². The molecule has 0 amide bonds. The summed E-state index contributed by atoms with van der Waals surface area (Å²) in [7, 11) is 1.56. The van der Waals surface area contributed by atoms with E-state index in [1.54, 1.807) is 13.2 Å². The molecule has 3 N–H and O–H groups in total. The van der Waals surface area contributed by atoms with Crippen molar-refractivity contribution >= 4 is 28.6 Å². The number of hydrogen-bond acceptors (Lipinski definition) is 10. The first-order valence-corrected chi connectivity index (χ1v) is 12.4. The fourth-order valence-electron chi connectivity index (χ4n) is 4.23. The predicted octanol–water partition coefficient (Wildman–Crippen LogP) is 2.45. The third kappa shape index (κ3) is 5.92. The molecule has 2 aromatic heterocycles. The van der Waals surface area contributed by atoms with E-state index in [1.165, 1.54) is 0 Å². The molecule has 38 heavy (non-hydrogen) atoms. The van der Waals surface area contributed by atoms with Crippen molar-refractivity contribution in [1.29, 1.82) is 0 Å². The molecule has 3 aromatic rings. The van der Waals surface area contributed by atoms with Crippen LogP contribution in [0.3, 0.4) is 0 Å². The van der Waals surface area contributed by atoms with Crippen molar-refractivity contribution in [2.75, 3.05) is 52.1 Å². The summed E-state index contributed by atoms with van der Waals surface area (Å²) in [6, 6.07) is 3.97. The Labute approximate surface area is 221 Å². The number of imidazole rings is 1. The molecule has 0 bridgehead atoms. The Morgan fingerprint density at radius 3 is 2.63 bits per heavy atom. The fourth-order valence-corrected chi connectivity index (χ4v) is 4.45. The molecule has 4 atom stereocenters. The molecule has 1 aromatic carbocycles. The van der Waals surface area contributed by atoms with Gasteiger partial charge in [0.1, 0.15) is 48.1 Å². The number of hydrogen-bond donors (Lipinski definition) is 3.